The van der Waals surface area contributed by atoms with E-state index >= 15 is 0 Å². The van der Waals surface area contributed by atoms with E-state index in [0.717, 1.165) is 47.4 Å². The van der Waals surface area contributed by atoms with Gasteiger partial charge in [-0.1, -0.05) is 67.2 Å². The van der Waals surface area contributed by atoms with E-state index in [-0.39, 0.29) is 30.4 Å². The molecule has 5 rings (SSSR count). The second-order valence-electron chi connectivity index (χ2n) is 12.4. The number of hydrogen-bond acceptors (Lipinski definition) is 5. The van der Waals surface area contributed by atoms with Crippen LogP contribution in [0.4, 0.5) is 17.6 Å². The number of benzene rings is 3. The molecule has 0 saturated carbocycles. The molecule has 3 aromatic carbocycles. The number of carbonyl (C=O) groups is 1. The van der Waals surface area contributed by atoms with Crippen LogP contribution in [0.3, 0.4) is 0 Å². The summed E-state index contributed by atoms with van der Waals surface area (Å²) in [6, 6.07) is 18.6. The van der Waals surface area contributed by atoms with Crippen molar-refractivity contribution < 1.29 is 22.4 Å². The van der Waals surface area contributed by atoms with Crippen LogP contribution in [-0.4, -0.2) is 39.0 Å². The molecule has 248 valence electrons. The van der Waals surface area contributed by atoms with Gasteiger partial charge in [0.15, 0.2) is 5.16 Å². The predicted molar refractivity (Wildman–Crippen MR) is 177 cm³/mol. The summed E-state index contributed by atoms with van der Waals surface area (Å²) in [5, 5.41) is 3.87. The number of aryl methyl sites for hydroxylation is 1. The molecule has 4 aromatic rings. The van der Waals surface area contributed by atoms with Gasteiger partial charge in [0, 0.05) is 29.9 Å². The first-order chi connectivity index (χ1) is 22.3. The number of rotatable bonds is 12. The van der Waals surface area contributed by atoms with Crippen molar-refractivity contribution in [2.75, 3.05) is 13.1 Å². The molecule has 0 bridgehead atoms. The molecular weight excluding hydrogens is 628 g/mol. The highest BCUT2D eigenvalue weighted by Gasteiger charge is 2.30. The zero-order chi connectivity index (χ0) is 33.8. The van der Waals surface area contributed by atoms with Gasteiger partial charge in [-0.25, -0.2) is 9.37 Å². The fourth-order valence-electron chi connectivity index (χ4n) is 5.84. The van der Waals surface area contributed by atoms with E-state index in [9.17, 15) is 27.2 Å². The number of alkyl halides is 3. The van der Waals surface area contributed by atoms with Crippen LogP contribution in [0.1, 0.15) is 55.1 Å². The lowest BCUT2D eigenvalue weighted by atomic mass is 10.0. The Labute approximate surface area is 276 Å². The van der Waals surface area contributed by atoms with E-state index in [0.29, 0.717) is 41.5 Å². The summed E-state index contributed by atoms with van der Waals surface area (Å²) in [6.45, 7) is 7.17. The molecule has 0 saturated heterocycles. The van der Waals surface area contributed by atoms with Gasteiger partial charge in [-0.2, -0.15) is 13.2 Å². The van der Waals surface area contributed by atoms with Crippen molar-refractivity contribution in [2.45, 2.75) is 75.7 Å². The number of fused-ring (bicyclic) bond motifs is 1. The van der Waals surface area contributed by atoms with Crippen LogP contribution in [0.2, 0.25) is 0 Å². The number of amides is 1. The highest BCUT2D eigenvalue weighted by Crippen LogP contribution is 2.31. The van der Waals surface area contributed by atoms with Gasteiger partial charge in [-0.15, -0.1) is 0 Å². The van der Waals surface area contributed by atoms with Crippen molar-refractivity contribution in [3.05, 3.63) is 117 Å². The third kappa shape index (κ3) is 8.70. The number of carbonyl (C=O) groups excluding carboxylic acids is 1. The molecule has 47 heavy (non-hydrogen) atoms. The molecule has 1 amide bonds. The van der Waals surface area contributed by atoms with Crippen LogP contribution in [0.15, 0.2) is 82.7 Å². The number of hydrogen-bond donors (Lipinski definition) is 1. The molecule has 0 radical (unpaired) electrons. The van der Waals surface area contributed by atoms with Crippen molar-refractivity contribution in [1.82, 2.24) is 19.8 Å². The highest BCUT2D eigenvalue weighted by molar-refractivity contribution is 7.98. The van der Waals surface area contributed by atoms with Crippen LogP contribution in [0.25, 0.3) is 11.1 Å². The standard InChI is InChI=1S/C36H38F4N4O2S/c1-4-41-35(2,3)23-43(20-24-8-12-26(13-9-24)27-14-16-28(17-15-27)36(38,39)40)32(45)21-44-33(46)30-6-5-7-31(30)42-34(44)47-22-25-10-18-29(37)19-11-25/h8-19,41H,4-7,20-23H2,1-3H3. The van der Waals surface area contributed by atoms with Gasteiger partial charge < -0.3 is 10.2 Å². The van der Waals surface area contributed by atoms with E-state index in [1.54, 1.807) is 17.0 Å². The molecule has 1 heterocycles. The summed E-state index contributed by atoms with van der Waals surface area (Å²) in [5.41, 5.74) is 3.22. The van der Waals surface area contributed by atoms with Crippen LogP contribution < -0.4 is 10.9 Å². The average molecular weight is 667 g/mol. The van der Waals surface area contributed by atoms with E-state index in [1.807, 2.05) is 45.0 Å². The van der Waals surface area contributed by atoms with Gasteiger partial charge in [0.1, 0.15) is 12.4 Å². The zero-order valence-electron chi connectivity index (χ0n) is 26.7. The Hall–Kier alpha value is -3.96. The van der Waals surface area contributed by atoms with Gasteiger partial charge in [0.05, 0.1) is 11.3 Å². The molecule has 0 spiro atoms. The maximum absolute atomic E-state index is 14.1. The van der Waals surface area contributed by atoms with Crippen LogP contribution in [0, 0.1) is 5.82 Å². The molecule has 1 N–H and O–H groups in total. The Morgan fingerprint density at radius 2 is 1.55 bits per heavy atom. The number of nitrogens with one attached hydrogen (secondary N) is 1. The lowest BCUT2D eigenvalue weighted by molar-refractivity contribution is -0.137. The Kier molecular flexibility index (Phi) is 10.6. The second-order valence-corrected chi connectivity index (χ2v) is 13.4. The zero-order valence-corrected chi connectivity index (χ0v) is 27.5. The van der Waals surface area contributed by atoms with Crippen molar-refractivity contribution >= 4 is 17.7 Å². The number of nitrogens with zero attached hydrogens (tertiary/aromatic N) is 3. The summed E-state index contributed by atoms with van der Waals surface area (Å²) in [7, 11) is 0. The number of likely N-dealkylation sites (N-methyl/N-ethyl adjacent to an activating group) is 1. The SMILES string of the molecule is CCNC(C)(C)CN(Cc1ccc(-c2ccc(C(F)(F)F)cc2)cc1)C(=O)Cn1c(SCc2ccc(F)cc2)nc2c(c1=O)CCC2. The molecule has 0 atom stereocenters. The number of aromatic nitrogens is 2. The lowest BCUT2D eigenvalue weighted by Gasteiger charge is -2.34. The topological polar surface area (TPSA) is 67.2 Å². The summed E-state index contributed by atoms with van der Waals surface area (Å²) in [5.74, 6) is -0.109. The first kappa shape index (κ1) is 34.4. The van der Waals surface area contributed by atoms with Crippen LogP contribution in [-0.2, 0) is 42.7 Å². The number of halogens is 4. The van der Waals surface area contributed by atoms with Gasteiger partial charge in [-0.05, 0) is 86.2 Å². The smallest absolute Gasteiger partial charge is 0.335 e. The highest BCUT2D eigenvalue weighted by atomic mass is 32.2. The lowest BCUT2D eigenvalue weighted by Crippen LogP contribution is -2.51. The van der Waals surface area contributed by atoms with Gasteiger partial charge in [-0.3, -0.25) is 14.2 Å². The largest absolute Gasteiger partial charge is 0.416 e. The summed E-state index contributed by atoms with van der Waals surface area (Å²) >= 11 is 1.35. The average Bonchev–Trinajstić information content (AvgIpc) is 3.51. The molecule has 6 nitrogen and oxygen atoms in total. The van der Waals surface area contributed by atoms with Gasteiger partial charge >= 0.3 is 6.18 Å². The Balaban J connectivity index is 1.39. The monoisotopic (exact) mass is 666 g/mol. The second kappa shape index (κ2) is 14.4. The Morgan fingerprint density at radius 1 is 0.936 bits per heavy atom. The molecule has 0 aliphatic heterocycles. The minimum Gasteiger partial charge on any atom is -0.335 e. The molecule has 0 fully saturated rings. The van der Waals surface area contributed by atoms with E-state index in [2.05, 4.69) is 5.32 Å². The van der Waals surface area contributed by atoms with Gasteiger partial charge in [0.2, 0.25) is 5.91 Å². The molecule has 1 aliphatic rings. The maximum atomic E-state index is 14.1. The molecule has 11 heteroatoms. The molecule has 1 aromatic heterocycles. The van der Waals surface area contributed by atoms with Crippen LogP contribution in [0.5, 0.6) is 0 Å². The fourth-order valence-corrected chi connectivity index (χ4v) is 6.81. The van der Waals surface area contributed by atoms with E-state index in [1.165, 1.54) is 40.6 Å². The molecular formula is C36H38F4N4O2S. The predicted octanol–water partition coefficient (Wildman–Crippen LogP) is 7.27. The Morgan fingerprint density at radius 3 is 2.17 bits per heavy atom. The number of thioether (sulfide) groups is 1. The van der Waals surface area contributed by atoms with Crippen molar-refractivity contribution in [1.29, 1.82) is 0 Å². The fraction of sp³-hybridized carbons (Fsp3) is 0.361. The van der Waals surface area contributed by atoms with E-state index in [4.69, 9.17) is 4.98 Å². The quantitative estimate of drug-likeness (QED) is 0.0980. The van der Waals surface area contributed by atoms with Crippen molar-refractivity contribution in [2.24, 2.45) is 0 Å². The summed E-state index contributed by atoms with van der Waals surface area (Å²) in [4.78, 5) is 34.3. The van der Waals surface area contributed by atoms with Crippen molar-refractivity contribution in [3.8, 4) is 11.1 Å². The minimum atomic E-state index is -4.40. The first-order valence-corrected chi connectivity index (χ1v) is 16.6. The summed E-state index contributed by atoms with van der Waals surface area (Å²) in [6.07, 6.45) is -2.22. The van der Waals surface area contributed by atoms with Crippen LogP contribution >= 0.6 is 11.8 Å². The van der Waals surface area contributed by atoms with Gasteiger partial charge in [0.25, 0.3) is 5.56 Å². The van der Waals surface area contributed by atoms with Crippen molar-refractivity contribution in [3.63, 3.8) is 0 Å². The molecule has 0 unspecified atom stereocenters. The molecule has 1 aliphatic carbocycles. The Bertz CT molecular complexity index is 1750. The minimum absolute atomic E-state index is 0.184. The maximum Gasteiger partial charge on any atom is 0.416 e. The van der Waals surface area contributed by atoms with E-state index < -0.39 is 17.3 Å². The normalized spacial score (nSPS) is 13.1. The third-order valence-electron chi connectivity index (χ3n) is 8.20. The summed E-state index contributed by atoms with van der Waals surface area (Å²) < 4.78 is 54.0. The first-order valence-electron chi connectivity index (χ1n) is 15.6. The third-order valence-corrected chi connectivity index (χ3v) is 9.24.